The lowest BCUT2D eigenvalue weighted by Crippen LogP contribution is -2.34. The number of amides is 2. The van der Waals surface area contributed by atoms with E-state index in [0.717, 1.165) is 10.2 Å². The molecule has 130 valence electrons. The largest absolute Gasteiger partial charge is 0.349 e. The van der Waals surface area contributed by atoms with Crippen molar-refractivity contribution in [1.82, 2.24) is 5.32 Å². The molecular weight excluding hydrogens is 387 g/mol. The monoisotopic (exact) mass is 404 g/mol. The minimum absolute atomic E-state index is 0.0920. The van der Waals surface area contributed by atoms with Gasteiger partial charge in [-0.15, -0.1) is 0 Å². The van der Waals surface area contributed by atoms with Crippen LogP contribution in [0.15, 0.2) is 53.0 Å². The summed E-state index contributed by atoms with van der Waals surface area (Å²) in [5.41, 5.74) is 1.19. The van der Waals surface area contributed by atoms with Crippen LogP contribution in [-0.2, 0) is 9.59 Å². The first-order valence-electron chi connectivity index (χ1n) is 8.07. The molecule has 0 unspecified atom stereocenters. The van der Waals surface area contributed by atoms with Crippen molar-refractivity contribution in [3.8, 4) is 0 Å². The standard InChI is InChI=1S/C19H18BrFN2O2/c1-12(14-6-2-4-8-16(14)21)22-19(25)13-10-18(24)23(11-13)17-9-5-3-7-15(17)20/h2-9,12-13H,10-11H2,1H3,(H,22,25)/t12-,13+/m0/s1. The Bertz CT molecular complexity index is 812. The maximum absolute atomic E-state index is 13.8. The summed E-state index contributed by atoms with van der Waals surface area (Å²) in [5.74, 6) is -1.13. The van der Waals surface area contributed by atoms with Gasteiger partial charge in [-0.1, -0.05) is 30.3 Å². The van der Waals surface area contributed by atoms with Crippen molar-refractivity contribution in [2.45, 2.75) is 19.4 Å². The van der Waals surface area contributed by atoms with E-state index < -0.39 is 12.0 Å². The lowest BCUT2D eigenvalue weighted by atomic mass is 10.0. The van der Waals surface area contributed by atoms with Crippen LogP contribution in [-0.4, -0.2) is 18.4 Å². The number of rotatable bonds is 4. The average molecular weight is 405 g/mol. The lowest BCUT2D eigenvalue weighted by Gasteiger charge is -2.20. The van der Waals surface area contributed by atoms with E-state index >= 15 is 0 Å². The number of hydrogen-bond acceptors (Lipinski definition) is 2. The Morgan fingerprint density at radius 3 is 2.64 bits per heavy atom. The molecule has 1 fully saturated rings. The fourth-order valence-electron chi connectivity index (χ4n) is 3.02. The van der Waals surface area contributed by atoms with E-state index in [-0.39, 0.29) is 24.1 Å². The Kier molecular flexibility index (Phi) is 5.18. The van der Waals surface area contributed by atoms with E-state index in [4.69, 9.17) is 0 Å². The quantitative estimate of drug-likeness (QED) is 0.841. The Morgan fingerprint density at radius 1 is 1.24 bits per heavy atom. The summed E-state index contributed by atoms with van der Waals surface area (Å²) in [6, 6.07) is 13.3. The molecule has 0 aliphatic carbocycles. The number of halogens is 2. The van der Waals surface area contributed by atoms with Crippen LogP contribution in [0.2, 0.25) is 0 Å². The molecule has 0 radical (unpaired) electrons. The summed E-state index contributed by atoms with van der Waals surface area (Å²) in [6.45, 7) is 2.05. The van der Waals surface area contributed by atoms with Crippen LogP contribution < -0.4 is 10.2 Å². The van der Waals surface area contributed by atoms with Crippen LogP contribution >= 0.6 is 15.9 Å². The molecule has 0 spiro atoms. The first kappa shape index (κ1) is 17.6. The highest BCUT2D eigenvalue weighted by Crippen LogP contribution is 2.31. The Labute approximate surface area is 154 Å². The predicted molar refractivity (Wildman–Crippen MR) is 97.6 cm³/mol. The third-order valence-electron chi connectivity index (χ3n) is 4.37. The van der Waals surface area contributed by atoms with Crippen LogP contribution in [0.4, 0.5) is 10.1 Å². The second-order valence-electron chi connectivity index (χ2n) is 6.11. The maximum atomic E-state index is 13.8. The van der Waals surface area contributed by atoms with Gasteiger partial charge in [0.1, 0.15) is 5.82 Å². The summed E-state index contributed by atoms with van der Waals surface area (Å²) in [7, 11) is 0. The molecule has 25 heavy (non-hydrogen) atoms. The van der Waals surface area contributed by atoms with Gasteiger partial charge in [0.2, 0.25) is 11.8 Å². The van der Waals surface area contributed by atoms with Crippen LogP contribution in [0.25, 0.3) is 0 Å². The first-order valence-corrected chi connectivity index (χ1v) is 8.86. The number of hydrogen-bond donors (Lipinski definition) is 1. The number of benzene rings is 2. The highest BCUT2D eigenvalue weighted by Gasteiger charge is 2.36. The van der Waals surface area contributed by atoms with Gasteiger partial charge in [-0.2, -0.15) is 0 Å². The molecule has 2 aromatic carbocycles. The first-order chi connectivity index (χ1) is 12.0. The Balaban J connectivity index is 1.69. The molecule has 0 aromatic heterocycles. The van der Waals surface area contributed by atoms with Crippen molar-refractivity contribution in [2.75, 3.05) is 11.4 Å². The SMILES string of the molecule is C[C@H](NC(=O)[C@@H]1CC(=O)N(c2ccccc2Br)C1)c1ccccc1F. The van der Waals surface area contributed by atoms with Gasteiger partial charge in [0.15, 0.2) is 0 Å². The molecule has 2 atom stereocenters. The van der Waals surface area contributed by atoms with E-state index in [0.29, 0.717) is 12.1 Å². The Morgan fingerprint density at radius 2 is 1.92 bits per heavy atom. The molecule has 3 rings (SSSR count). The van der Waals surface area contributed by atoms with Crippen molar-refractivity contribution >= 4 is 33.4 Å². The lowest BCUT2D eigenvalue weighted by molar-refractivity contribution is -0.126. The van der Waals surface area contributed by atoms with Crippen molar-refractivity contribution in [1.29, 1.82) is 0 Å². The molecule has 2 aromatic rings. The molecule has 0 saturated carbocycles. The van der Waals surface area contributed by atoms with Crippen LogP contribution in [0.3, 0.4) is 0 Å². The van der Waals surface area contributed by atoms with Gasteiger partial charge in [-0.3, -0.25) is 9.59 Å². The van der Waals surface area contributed by atoms with Gasteiger partial charge >= 0.3 is 0 Å². The Hall–Kier alpha value is -2.21. The van der Waals surface area contributed by atoms with Crippen LogP contribution in [0, 0.1) is 11.7 Å². The van der Waals surface area contributed by atoms with E-state index in [9.17, 15) is 14.0 Å². The van der Waals surface area contributed by atoms with Crippen LogP contribution in [0.1, 0.15) is 24.9 Å². The molecule has 1 aliphatic heterocycles. The van der Waals surface area contributed by atoms with Crippen molar-refractivity contribution < 1.29 is 14.0 Å². The minimum atomic E-state index is -0.457. The second kappa shape index (κ2) is 7.35. The topological polar surface area (TPSA) is 49.4 Å². The third-order valence-corrected chi connectivity index (χ3v) is 5.04. The number of anilines is 1. The van der Waals surface area contributed by atoms with Gasteiger partial charge in [0.05, 0.1) is 17.6 Å². The van der Waals surface area contributed by atoms with Crippen molar-refractivity contribution in [3.05, 3.63) is 64.4 Å². The smallest absolute Gasteiger partial charge is 0.227 e. The van der Waals surface area contributed by atoms with Gasteiger partial charge in [-0.25, -0.2) is 4.39 Å². The molecule has 1 N–H and O–H groups in total. The van der Waals surface area contributed by atoms with Gasteiger partial charge in [0, 0.05) is 23.0 Å². The third kappa shape index (κ3) is 3.74. The second-order valence-corrected chi connectivity index (χ2v) is 6.96. The zero-order valence-corrected chi connectivity index (χ0v) is 15.3. The number of carbonyl (C=O) groups excluding carboxylic acids is 2. The highest BCUT2D eigenvalue weighted by atomic mass is 79.9. The number of para-hydroxylation sites is 1. The molecule has 1 saturated heterocycles. The molecular formula is C19H18BrFN2O2. The number of carbonyl (C=O) groups is 2. The average Bonchev–Trinajstić information content (AvgIpc) is 2.97. The number of nitrogens with zero attached hydrogens (tertiary/aromatic N) is 1. The summed E-state index contributed by atoms with van der Waals surface area (Å²) in [6.07, 6.45) is 0.150. The fourth-order valence-corrected chi connectivity index (χ4v) is 3.52. The molecule has 1 aliphatic rings. The van der Waals surface area contributed by atoms with Gasteiger partial charge < -0.3 is 10.2 Å². The summed E-state index contributed by atoms with van der Waals surface area (Å²) >= 11 is 3.43. The highest BCUT2D eigenvalue weighted by molar-refractivity contribution is 9.10. The molecule has 6 heteroatoms. The van der Waals surface area contributed by atoms with Crippen molar-refractivity contribution in [3.63, 3.8) is 0 Å². The molecule has 1 heterocycles. The van der Waals surface area contributed by atoms with Gasteiger partial charge in [-0.05, 0) is 41.1 Å². The molecule has 2 amide bonds. The van der Waals surface area contributed by atoms with E-state index in [2.05, 4.69) is 21.2 Å². The van der Waals surface area contributed by atoms with Gasteiger partial charge in [0.25, 0.3) is 0 Å². The normalized spacial score (nSPS) is 18.3. The minimum Gasteiger partial charge on any atom is -0.349 e. The fraction of sp³-hybridized carbons (Fsp3) is 0.263. The zero-order chi connectivity index (χ0) is 18.0. The number of nitrogens with one attached hydrogen (secondary N) is 1. The molecule has 4 nitrogen and oxygen atoms in total. The summed E-state index contributed by atoms with van der Waals surface area (Å²) in [5, 5.41) is 2.82. The zero-order valence-electron chi connectivity index (χ0n) is 13.7. The predicted octanol–water partition coefficient (Wildman–Crippen LogP) is 3.82. The maximum Gasteiger partial charge on any atom is 0.227 e. The molecule has 0 bridgehead atoms. The van der Waals surface area contributed by atoms with E-state index in [1.54, 1.807) is 30.0 Å². The van der Waals surface area contributed by atoms with Crippen molar-refractivity contribution in [2.24, 2.45) is 5.92 Å². The van der Waals surface area contributed by atoms with Crippen LogP contribution in [0.5, 0.6) is 0 Å². The van der Waals surface area contributed by atoms with E-state index in [1.807, 2.05) is 24.3 Å². The van der Waals surface area contributed by atoms with E-state index in [1.165, 1.54) is 6.07 Å². The summed E-state index contributed by atoms with van der Waals surface area (Å²) in [4.78, 5) is 26.5. The summed E-state index contributed by atoms with van der Waals surface area (Å²) < 4.78 is 14.6.